The Hall–Kier alpha value is -5.66. The Balaban J connectivity index is 1.87. The second kappa shape index (κ2) is 18.5. The van der Waals surface area contributed by atoms with E-state index < -0.39 is 11.9 Å². The molecule has 1 aliphatic rings. The average molecular weight is 661 g/mol. The van der Waals surface area contributed by atoms with Gasteiger partial charge in [0.15, 0.2) is 0 Å². The largest absolute Gasteiger partial charge is 0.491 e. The van der Waals surface area contributed by atoms with Crippen LogP contribution in [0.3, 0.4) is 0 Å². The van der Waals surface area contributed by atoms with Crippen LogP contribution in [0.15, 0.2) is 99.6 Å². The van der Waals surface area contributed by atoms with Crippen molar-refractivity contribution in [3.05, 3.63) is 94.9 Å². The van der Waals surface area contributed by atoms with Crippen molar-refractivity contribution in [3.63, 3.8) is 0 Å². The van der Waals surface area contributed by atoms with Crippen LogP contribution in [-0.2, 0) is 19.1 Å². The van der Waals surface area contributed by atoms with E-state index in [1.54, 1.807) is 31.2 Å². The molecule has 1 unspecified atom stereocenters. The number of anilines is 1. The lowest BCUT2D eigenvalue weighted by atomic mass is 9.97. The highest BCUT2D eigenvalue weighted by Crippen LogP contribution is 2.42. The van der Waals surface area contributed by atoms with Gasteiger partial charge in [0.25, 0.3) is 0 Å². The fourth-order valence-corrected chi connectivity index (χ4v) is 4.56. The summed E-state index contributed by atoms with van der Waals surface area (Å²) in [5, 5.41) is 28.9. The standard InChI is InChI=1S/C34H40N6O8/c1-7-33(41)47-17-15-39(16-18-48-34(42)8-2)26-12-13-27(23(5)20-26)36-38-29-22-31(45-9-3)28(21-32(29)46-10-4)37-35-25-11-14-30(40(43)44)24(6)19-25/h7-8,11-14,20-22,24H,1-2,9-10,15-19H2,3-6H3/b37-35+,38-36+. The molecule has 0 bridgehead atoms. The summed E-state index contributed by atoms with van der Waals surface area (Å²) in [4.78, 5) is 35.8. The third kappa shape index (κ3) is 10.7. The maximum absolute atomic E-state index is 11.5. The molecule has 3 rings (SSSR count). The molecular weight excluding hydrogens is 620 g/mol. The van der Waals surface area contributed by atoms with Gasteiger partial charge in [0.2, 0.25) is 5.70 Å². The Morgan fingerprint density at radius 2 is 1.44 bits per heavy atom. The summed E-state index contributed by atoms with van der Waals surface area (Å²) in [6.45, 7) is 15.8. The number of allylic oxidation sites excluding steroid dienone is 4. The number of hydrogen-bond acceptors (Lipinski definition) is 13. The van der Waals surface area contributed by atoms with Gasteiger partial charge in [-0.1, -0.05) is 20.1 Å². The van der Waals surface area contributed by atoms with Gasteiger partial charge in [-0.2, -0.15) is 10.2 Å². The van der Waals surface area contributed by atoms with Crippen molar-refractivity contribution in [2.75, 3.05) is 44.4 Å². The fraction of sp³-hybridized carbons (Fsp3) is 0.353. The van der Waals surface area contributed by atoms with Gasteiger partial charge in [-0.3, -0.25) is 10.1 Å². The van der Waals surface area contributed by atoms with E-state index >= 15 is 0 Å². The molecule has 0 spiro atoms. The fourth-order valence-electron chi connectivity index (χ4n) is 4.56. The smallest absolute Gasteiger partial charge is 0.330 e. The molecule has 0 saturated carbocycles. The molecule has 2 aromatic rings. The molecule has 0 radical (unpaired) electrons. The molecule has 0 aromatic heterocycles. The zero-order valence-corrected chi connectivity index (χ0v) is 27.6. The zero-order valence-electron chi connectivity index (χ0n) is 27.6. The Labute approximate surface area is 279 Å². The van der Waals surface area contributed by atoms with E-state index in [9.17, 15) is 19.7 Å². The van der Waals surface area contributed by atoms with E-state index in [-0.39, 0.29) is 29.8 Å². The molecule has 1 aliphatic carbocycles. The van der Waals surface area contributed by atoms with Crippen molar-refractivity contribution in [2.45, 2.75) is 34.1 Å². The number of hydrogen-bond donors (Lipinski definition) is 0. The first-order valence-corrected chi connectivity index (χ1v) is 15.4. The van der Waals surface area contributed by atoms with Crippen molar-refractivity contribution < 1.29 is 33.5 Å². The predicted octanol–water partition coefficient (Wildman–Crippen LogP) is 7.64. The Morgan fingerprint density at radius 3 is 1.92 bits per heavy atom. The maximum Gasteiger partial charge on any atom is 0.330 e. The van der Waals surface area contributed by atoms with Crippen LogP contribution in [-0.4, -0.2) is 56.4 Å². The Bertz CT molecular complexity index is 1610. The number of azo groups is 2. The minimum absolute atomic E-state index is 0.106. The summed E-state index contributed by atoms with van der Waals surface area (Å²) in [7, 11) is 0. The van der Waals surface area contributed by atoms with Crippen molar-refractivity contribution in [1.82, 2.24) is 0 Å². The number of aryl methyl sites for hydroxylation is 1. The Morgan fingerprint density at radius 1 is 0.896 bits per heavy atom. The summed E-state index contributed by atoms with van der Waals surface area (Å²) in [5.74, 6) is -0.518. The van der Waals surface area contributed by atoms with Gasteiger partial charge < -0.3 is 23.8 Å². The van der Waals surface area contributed by atoms with E-state index in [2.05, 4.69) is 33.6 Å². The second-order valence-corrected chi connectivity index (χ2v) is 10.4. The lowest BCUT2D eigenvalue weighted by Gasteiger charge is -2.25. The molecule has 2 aromatic carbocycles. The first kappa shape index (κ1) is 36.8. The number of benzene rings is 2. The summed E-state index contributed by atoms with van der Waals surface area (Å²) in [6.07, 6.45) is 5.62. The van der Waals surface area contributed by atoms with Crippen molar-refractivity contribution in [1.29, 1.82) is 0 Å². The molecule has 0 heterocycles. The van der Waals surface area contributed by atoms with Crippen molar-refractivity contribution in [2.24, 2.45) is 26.4 Å². The molecular formula is C34H40N6O8. The van der Waals surface area contributed by atoms with Crippen LogP contribution in [0.2, 0.25) is 0 Å². The molecule has 14 nitrogen and oxygen atoms in total. The first-order chi connectivity index (χ1) is 23.1. The van der Waals surface area contributed by atoms with Gasteiger partial charge in [0, 0.05) is 42.5 Å². The van der Waals surface area contributed by atoms with Crippen LogP contribution in [0.4, 0.5) is 22.7 Å². The summed E-state index contributed by atoms with van der Waals surface area (Å²) >= 11 is 0. The number of carbonyl (C=O) groups excluding carboxylic acids is 2. The summed E-state index contributed by atoms with van der Waals surface area (Å²) < 4.78 is 22.0. The molecule has 0 fully saturated rings. The summed E-state index contributed by atoms with van der Waals surface area (Å²) in [6, 6.07) is 8.90. The van der Waals surface area contributed by atoms with Crippen LogP contribution < -0.4 is 14.4 Å². The van der Waals surface area contributed by atoms with Crippen LogP contribution in [0.1, 0.15) is 32.8 Å². The third-order valence-corrected chi connectivity index (χ3v) is 6.96. The zero-order chi connectivity index (χ0) is 35.1. The van der Waals surface area contributed by atoms with E-state index in [1.165, 1.54) is 6.08 Å². The highest BCUT2D eigenvalue weighted by atomic mass is 16.6. The van der Waals surface area contributed by atoms with E-state index in [0.717, 1.165) is 23.4 Å². The number of esters is 2. The molecule has 0 N–H and O–H groups in total. The quantitative estimate of drug-likeness (QED) is 0.0513. The van der Waals surface area contributed by atoms with E-state index in [1.807, 2.05) is 37.8 Å². The second-order valence-electron chi connectivity index (χ2n) is 10.4. The van der Waals surface area contributed by atoms with Crippen LogP contribution in [0.5, 0.6) is 11.5 Å². The van der Waals surface area contributed by atoms with Gasteiger partial charge >= 0.3 is 11.9 Å². The average Bonchev–Trinajstić information content (AvgIpc) is 3.06. The molecule has 14 heteroatoms. The van der Waals surface area contributed by atoms with E-state index in [0.29, 0.717) is 67.0 Å². The number of nitro groups is 1. The molecule has 254 valence electrons. The molecule has 0 aliphatic heterocycles. The number of carbonyl (C=O) groups is 2. The molecule has 0 saturated heterocycles. The van der Waals surface area contributed by atoms with Crippen LogP contribution in [0, 0.1) is 23.0 Å². The van der Waals surface area contributed by atoms with Crippen molar-refractivity contribution >= 4 is 34.7 Å². The highest BCUT2D eigenvalue weighted by molar-refractivity contribution is 5.81. The van der Waals surface area contributed by atoms with Gasteiger partial charge in [0.1, 0.15) is 36.1 Å². The lowest BCUT2D eigenvalue weighted by Crippen LogP contribution is -2.32. The topological polar surface area (TPSA) is 167 Å². The predicted molar refractivity (Wildman–Crippen MR) is 180 cm³/mol. The van der Waals surface area contributed by atoms with Crippen molar-refractivity contribution in [3.8, 4) is 11.5 Å². The monoisotopic (exact) mass is 660 g/mol. The van der Waals surface area contributed by atoms with Gasteiger partial charge in [0.05, 0.1) is 48.5 Å². The van der Waals surface area contributed by atoms with Crippen LogP contribution in [0.25, 0.3) is 0 Å². The highest BCUT2D eigenvalue weighted by Gasteiger charge is 2.24. The number of nitrogens with zero attached hydrogens (tertiary/aromatic N) is 6. The minimum atomic E-state index is -0.531. The maximum atomic E-state index is 11.5. The molecule has 1 atom stereocenters. The normalized spacial score (nSPS) is 14.2. The Kier molecular flexibility index (Phi) is 14.2. The van der Waals surface area contributed by atoms with Gasteiger partial charge in [-0.15, -0.1) is 10.2 Å². The summed E-state index contributed by atoms with van der Waals surface area (Å²) in [5.41, 5.74) is 3.77. The first-order valence-electron chi connectivity index (χ1n) is 15.4. The van der Waals surface area contributed by atoms with Crippen LogP contribution >= 0.6 is 0 Å². The number of ether oxygens (including phenoxy) is 4. The number of rotatable bonds is 18. The third-order valence-electron chi connectivity index (χ3n) is 6.96. The minimum Gasteiger partial charge on any atom is -0.491 e. The van der Waals surface area contributed by atoms with E-state index in [4.69, 9.17) is 18.9 Å². The molecule has 0 amide bonds. The lowest BCUT2D eigenvalue weighted by molar-refractivity contribution is -0.433. The SMILES string of the molecule is C=CC(=O)OCCN(CCOC(=O)C=C)c1ccc(/N=N/c2cc(OCC)c(/N=N/C3=CC=C([N+](=O)[O-])C(C)C3)cc2OCC)c(C)c1. The molecule has 48 heavy (non-hydrogen) atoms. The van der Waals surface area contributed by atoms with Gasteiger partial charge in [-0.25, -0.2) is 9.59 Å². The van der Waals surface area contributed by atoms with Gasteiger partial charge in [-0.05, 0) is 50.6 Å².